The van der Waals surface area contributed by atoms with Crippen molar-refractivity contribution in [3.63, 3.8) is 0 Å². The molecule has 1 aromatic heterocycles. The second kappa shape index (κ2) is 8.88. The van der Waals surface area contributed by atoms with Crippen LogP contribution in [0.25, 0.3) is 10.9 Å². The molecular formula is C25H25N3O3S. The Morgan fingerprint density at radius 2 is 1.69 bits per heavy atom. The number of hydrogen-bond donors (Lipinski definition) is 2. The lowest BCUT2D eigenvalue weighted by molar-refractivity contribution is 0.252. The number of anilines is 1. The molecule has 0 atom stereocenters. The molecule has 3 aromatic carbocycles. The number of carbonyl (C=O) groups excluding carboxylic acids is 1. The van der Waals surface area contributed by atoms with Crippen LogP contribution in [0.1, 0.15) is 16.7 Å². The molecule has 1 heterocycles. The van der Waals surface area contributed by atoms with Crippen LogP contribution in [-0.4, -0.2) is 25.0 Å². The molecule has 0 bridgehead atoms. The molecule has 0 unspecified atom stereocenters. The van der Waals surface area contributed by atoms with Gasteiger partial charge in [0.15, 0.2) is 0 Å². The van der Waals surface area contributed by atoms with Gasteiger partial charge in [-0.2, -0.15) is 0 Å². The lowest BCUT2D eigenvalue weighted by Gasteiger charge is -2.10. The second-order valence-corrected chi connectivity index (χ2v) is 9.64. The molecule has 0 aliphatic heterocycles. The van der Waals surface area contributed by atoms with Crippen molar-refractivity contribution in [1.29, 1.82) is 0 Å². The minimum Gasteiger partial charge on any atom is -0.338 e. The van der Waals surface area contributed by atoms with Gasteiger partial charge < -0.3 is 10.6 Å². The largest absolute Gasteiger partial charge is 0.338 e. The molecule has 4 aromatic rings. The van der Waals surface area contributed by atoms with E-state index in [9.17, 15) is 13.2 Å². The molecule has 7 heteroatoms. The molecule has 0 spiro atoms. The Morgan fingerprint density at radius 1 is 0.906 bits per heavy atom. The molecule has 0 radical (unpaired) electrons. The van der Waals surface area contributed by atoms with Crippen LogP contribution in [0.15, 0.2) is 83.9 Å². The highest BCUT2D eigenvalue weighted by Gasteiger charge is 2.18. The van der Waals surface area contributed by atoms with E-state index in [2.05, 4.69) is 10.6 Å². The predicted octanol–water partition coefficient (Wildman–Crippen LogP) is 4.86. The monoisotopic (exact) mass is 447 g/mol. The molecule has 0 saturated heterocycles. The third-order valence-electron chi connectivity index (χ3n) is 5.27. The van der Waals surface area contributed by atoms with E-state index in [1.54, 1.807) is 36.5 Å². The van der Waals surface area contributed by atoms with Crippen molar-refractivity contribution < 1.29 is 13.2 Å². The van der Waals surface area contributed by atoms with Crippen molar-refractivity contribution in [2.24, 2.45) is 0 Å². The van der Waals surface area contributed by atoms with E-state index in [0.29, 0.717) is 18.5 Å². The zero-order valence-corrected chi connectivity index (χ0v) is 18.8. The van der Waals surface area contributed by atoms with E-state index < -0.39 is 10.0 Å². The fourth-order valence-corrected chi connectivity index (χ4v) is 4.90. The second-order valence-electron chi connectivity index (χ2n) is 7.82. The number of aromatic nitrogens is 1. The van der Waals surface area contributed by atoms with Crippen molar-refractivity contribution >= 4 is 32.6 Å². The number of urea groups is 1. The minimum absolute atomic E-state index is 0.250. The number of amides is 2. The fourth-order valence-electron chi connectivity index (χ4n) is 3.56. The van der Waals surface area contributed by atoms with Crippen LogP contribution in [0.4, 0.5) is 10.5 Å². The number of hydrogen-bond acceptors (Lipinski definition) is 3. The summed E-state index contributed by atoms with van der Waals surface area (Å²) >= 11 is 0. The number of rotatable bonds is 6. The molecule has 2 N–H and O–H groups in total. The Balaban J connectivity index is 1.47. The number of aryl methyl sites for hydroxylation is 2. The first-order chi connectivity index (χ1) is 15.3. The van der Waals surface area contributed by atoms with Crippen molar-refractivity contribution in [3.05, 3.63) is 95.7 Å². The van der Waals surface area contributed by atoms with Gasteiger partial charge in [0, 0.05) is 23.8 Å². The molecule has 0 saturated carbocycles. The third-order valence-corrected chi connectivity index (χ3v) is 6.98. The SMILES string of the molecule is Cc1ccc(S(=O)(=O)n2ccc3ccc(CCNC(=O)Nc4cccc(C)c4)cc32)cc1. The third kappa shape index (κ3) is 4.68. The summed E-state index contributed by atoms with van der Waals surface area (Å²) in [4.78, 5) is 12.4. The smallest absolute Gasteiger partial charge is 0.319 e. The van der Waals surface area contributed by atoms with Gasteiger partial charge in [0.1, 0.15) is 0 Å². The van der Waals surface area contributed by atoms with E-state index in [1.165, 1.54) is 3.97 Å². The average Bonchev–Trinajstić information content (AvgIpc) is 3.18. The van der Waals surface area contributed by atoms with Crippen LogP contribution in [0.3, 0.4) is 0 Å². The lowest BCUT2D eigenvalue weighted by atomic mass is 10.1. The number of benzene rings is 3. The van der Waals surface area contributed by atoms with Crippen LogP contribution in [0, 0.1) is 13.8 Å². The average molecular weight is 448 g/mol. The summed E-state index contributed by atoms with van der Waals surface area (Å²) in [5.41, 5.74) is 4.37. The Kier molecular flexibility index (Phi) is 6.01. The summed E-state index contributed by atoms with van der Waals surface area (Å²) < 4.78 is 27.6. The summed E-state index contributed by atoms with van der Waals surface area (Å²) in [5.74, 6) is 0. The van der Waals surface area contributed by atoms with Crippen LogP contribution < -0.4 is 10.6 Å². The first-order valence-electron chi connectivity index (χ1n) is 10.4. The molecule has 164 valence electrons. The highest BCUT2D eigenvalue weighted by atomic mass is 32.2. The van der Waals surface area contributed by atoms with Gasteiger partial charge >= 0.3 is 6.03 Å². The van der Waals surface area contributed by atoms with Crippen molar-refractivity contribution in [2.75, 3.05) is 11.9 Å². The van der Waals surface area contributed by atoms with E-state index in [1.807, 2.05) is 56.3 Å². The number of nitrogens with zero attached hydrogens (tertiary/aromatic N) is 1. The van der Waals surface area contributed by atoms with Crippen molar-refractivity contribution in [3.8, 4) is 0 Å². The Morgan fingerprint density at radius 3 is 2.44 bits per heavy atom. The minimum atomic E-state index is -3.69. The van der Waals surface area contributed by atoms with Crippen molar-refractivity contribution in [1.82, 2.24) is 9.29 Å². The Labute approximate surface area is 187 Å². The van der Waals surface area contributed by atoms with E-state index >= 15 is 0 Å². The first-order valence-corrected chi connectivity index (χ1v) is 11.8. The van der Waals surface area contributed by atoms with Gasteiger partial charge in [-0.05, 0) is 67.8 Å². The fraction of sp³-hybridized carbons (Fsp3) is 0.160. The normalized spacial score (nSPS) is 11.4. The standard InChI is InChI=1S/C25H25N3O3S/c1-18-6-10-23(11-7-18)32(30,31)28-15-13-21-9-8-20(17-24(21)28)12-14-26-25(29)27-22-5-3-4-19(2)16-22/h3-11,13,15-17H,12,14H2,1-2H3,(H2,26,27,29). The van der Waals surface area contributed by atoms with Gasteiger partial charge in [-0.15, -0.1) is 0 Å². The zero-order chi connectivity index (χ0) is 22.7. The highest BCUT2D eigenvalue weighted by Crippen LogP contribution is 2.24. The van der Waals surface area contributed by atoms with Gasteiger partial charge in [0.2, 0.25) is 0 Å². The summed E-state index contributed by atoms with van der Waals surface area (Å²) in [7, 11) is -3.69. The summed E-state index contributed by atoms with van der Waals surface area (Å²) in [6.07, 6.45) is 2.16. The summed E-state index contributed by atoms with van der Waals surface area (Å²) in [6, 6.07) is 21.6. The maximum absolute atomic E-state index is 13.1. The maximum atomic E-state index is 13.1. The predicted molar refractivity (Wildman–Crippen MR) is 128 cm³/mol. The van der Waals surface area contributed by atoms with Crippen molar-refractivity contribution in [2.45, 2.75) is 25.2 Å². The number of carbonyl (C=O) groups is 1. The summed E-state index contributed by atoms with van der Waals surface area (Å²) in [5, 5.41) is 6.50. The molecule has 0 fully saturated rings. The molecule has 0 aliphatic rings. The van der Waals surface area contributed by atoms with E-state index in [4.69, 9.17) is 0 Å². The molecule has 4 rings (SSSR count). The Bertz CT molecular complexity index is 1370. The van der Waals surface area contributed by atoms with Gasteiger partial charge in [-0.25, -0.2) is 17.2 Å². The van der Waals surface area contributed by atoms with Gasteiger partial charge in [0.25, 0.3) is 10.0 Å². The number of fused-ring (bicyclic) bond motifs is 1. The number of nitrogens with one attached hydrogen (secondary N) is 2. The topological polar surface area (TPSA) is 80.2 Å². The lowest BCUT2D eigenvalue weighted by Crippen LogP contribution is -2.30. The van der Waals surface area contributed by atoms with Crippen LogP contribution in [0.5, 0.6) is 0 Å². The van der Waals surface area contributed by atoms with Crippen LogP contribution in [-0.2, 0) is 16.4 Å². The Hall–Kier alpha value is -3.58. The molecular weight excluding hydrogens is 422 g/mol. The van der Waals surface area contributed by atoms with Crippen LogP contribution >= 0.6 is 0 Å². The highest BCUT2D eigenvalue weighted by molar-refractivity contribution is 7.90. The quantitative estimate of drug-likeness (QED) is 0.443. The van der Waals surface area contributed by atoms with Gasteiger partial charge in [-0.1, -0.05) is 42.0 Å². The van der Waals surface area contributed by atoms with Crippen LogP contribution in [0.2, 0.25) is 0 Å². The maximum Gasteiger partial charge on any atom is 0.319 e. The van der Waals surface area contributed by atoms with E-state index in [0.717, 1.165) is 27.8 Å². The molecule has 2 amide bonds. The summed E-state index contributed by atoms with van der Waals surface area (Å²) in [6.45, 7) is 4.31. The molecule has 32 heavy (non-hydrogen) atoms. The molecule has 0 aliphatic carbocycles. The zero-order valence-electron chi connectivity index (χ0n) is 18.0. The van der Waals surface area contributed by atoms with Gasteiger partial charge in [-0.3, -0.25) is 0 Å². The van der Waals surface area contributed by atoms with Gasteiger partial charge in [0.05, 0.1) is 10.4 Å². The molecule has 6 nitrogen and oxygen atoms in total. The van der Waals surface area contributed by atoms with E-state index in [-0.39, 0.29) is 10.9 Å². The first kappa shape index (κ1) is 21.6.